The van der Waals surface area contributed by atoms with Gasteiger partial charge in [0, 0.05) is 23.2 Å². The molecule has 3 rings (SSSR count). The van der Waals surface area contributed by atoms with Crippen molar-refractivity contribution in [1.29, 1.82) is 0 Å². The van der Waals surface area contributed by atoms with Crippen LogP contribution in [0.3, 0.4) is 0 Å². The number of aromatic nitrogens is 4. The normalized spacial score (nSPS) is 12.1. The van der Waals surface area contributed by atoms with E-state index in [0.29, 0.717) is 20.6 Å². The number of rotatable bonds is 5. The first-order valence-corrected chi connectivity index (χ1v) is 7.85. The number of nitrogens with zero attached hydrogens (tertiary/aromatic N) is 4. The highest BCUT2D eigenvalue weighted by Gasteiger charge is 2.13. The minimum absolute atomic E-state index is 0.0939. The molecule has 9 heteroatoms. The number of carbonyl (C=O) groups excluding carboxylic acids is 1. The summed E-state index contributed by atoms with van der Waals surface area (Å²) in [6, 6.07) is 6.63. The monoisotopic (exact) mass is 349 g/mol. The Balaban J connectivity index is 1.65. The smallest absolute Gasteiger partial charge is 0.251 e. The third kappa shape index (κ3) is 3.73. The average molecular weight is 350 g/mol. The highest BCUT2D eigenvalue weighted by atomic mass is 35.5. The lowest BCUT2D eigenvalue weighted by atomic mass is 10.2. The topological polar surface area (TPSA) is 92.9 Å². The molecular formula is C14H12ClN5O2S. The van der Waals surface area contributed by atoms with Crippen LogP contribution >= 0.6 is 22.9 Å². The molecule has 0 aliphatic heterocycles. The number of aliphatic hydroxyl groups is 1. The lowest BCUT2D eigenvalue weighted by Crippen LogP contribution is -2.28. The molecule has 1 unspecified atom stereocenters. The molecule has 0 saturated heterocycles. The Morgan fingerprint density at radius 2 is 2.30 bits per heavy atom. The molecule has 118 valence electrons. The van der Waals surface area contributed by atoms with E-state index in [1.807, 2.05) is 0 Å². The summed E-state index contributed by atoms with van der Waals surface area (Å²) in [5.74, 6) is 0.177. The number of amides is 1. The van der Waals surface area contributed by atoms with Crippen LogP contribution in [0.4, 0.5) is 0 Å². The Bertz CT molecular complexity index is 805. The number of hydrogen-bond acceptors (Lipinski definition) is 6. The number of carbonyl (C=O) groups is 1. The molecule has 0 aliphatic rings. The summed E-state index contributed by atoms with van der Waals surface area (Å²) >= 11 is 7.11. The molecule has 1 amide bonds. The summed E-state index contributed by atoms with van der Waals surface area (Å²) in [5.41, 5.74) is 0.418. The van der Waals surface area contributed by atoms with Crippen LogP contribution in [-0.4, -0.2) is 37.3 Å². The standard InChI is InChI=1S/C14H12ClN5O2S/c15-12-2-1-11(23-12)10(21)6-18-14(22)9-3-4-17-13(5-9)20-8-16-7-19-20/h1-5,7-8,10,21H,6H2,(H,18,22). The molecule has 0 saturated carbocycles. The van der Waals surface area contributed by atoms with E-state index in [2.05, 4.69) is 20.4 Å². The molecule has 0 aliphatic carbocycles. The van der Waals surface area contributed by atoms with Gasteiger partial charge in [-0.2, -0.15) is 5.10 Å². The van der Waals surface area contributed by atoms with Crippen molar-refractivity contribution in [2.75, 3.05) is 6.54 Å². The Kier molecular flexibility index (Phi) is 4.65. The minimum Gasteiger partial charge on any atom is -0.386 e. The number of hydrogen-bond donors (Lipinski definition) is 2. The molecule has 0 aromatic carbocycles. The maximum atomic E-state index is 12.2. The summed E-state index contributed by atoms with van der Waals surface area (Å²) in [7, 11) is 0. The van der Waals surface area contributed by atoms with Gasteiger partial charge in [0.25, 0.3) is 5.91 Å². The van der Waals surface area contributed by atoms with Crippen LogP contribution in [-0.2, 0) is 0 Å². The van der Waals surface area contributed by atoms with E-state index in [1.54, 1.807) is 24.3 Å². The van der Waals surface area contributed by atoms with Crippen molar-refractivity contribution >= 4 is 28.8 Å². The number of aliphatic hydroxyl groups excluding tert-OH is 1. The third-order valence-corrected chi connectivity index (χ3v) is 4.37. The Labute approximate surface area is 140 Å². The molecule has 0 fully saturated rings. The van der Waals surface area contributed by atoms with E-state index >= 15 is 0 Å². The van der Waals surface area contributed by atoms with Gasteiger partial charge in [-0.15, -0.1) is 11.3 Å². The first kappa shape index (κ1) is 15.6. The predicted molar refractivity (Wildman–Crippen MR) is 85.8 cm³/mol. The zero-order chi connectivity index (χ0) is 16.2. The summed E-state index contributed by atoms with van der Waals surface area (Å²) in [4.78, 5) is 20.9. The van der Waals surface area contributed by atoms with Crippen molar-refractivity contribution in [3.05, 3.63) is 57.9 Å². The van der Waals surface area contributed by atoms with Crippen molar-refractivity contribution in [2.24, 2.45) is 0 Å². The molecule has 3 aromatic rings. The van der Waals surface area contributed by atoms with Crippen LogP contribution in [0.1, 0.15) is 21.3 Å². The van der Waals surface area contributed by atoms with E-state index in [1.165, 1.54) is 34.9 Å². The van der Waals surface area contributed by atoms with Gasteiger partial charge in [0.1, 0.15) is 18.8 Å². The fourth-order valence-corrected chi connectivity index (χ4v) is 2.96. The number of pyridine rings is 1. The Hall–Kier alpha value is -2.29. The lowest BCUT2D eigenvalue weighted by Gasteiger charge is -2.10. The summed E-state index contributed by atoms with van der Waals surface area (Å²) in [6.45, 7) is 0.0939. The van der Waals surface area contributed by atoms with Crippen molar-refractivity contribution in [2.45, 2.75) is 6.10 Å². The first-order chi connectivity index (χ1) is 11.1. The first-order valence-electron chi connectivity index (χ1n) is 6.66. The van der Waals surface area contributed by atoms with E-state index in [-0.39, 0.29) is 12.5 Å². The van der Waals surface area contributed by atoms with Crippen molar-refractivity contribution in [3.8, 4) is 5.82 Å². The maximum absolute atomic E-state index is 12.2. The van der Waals surface area contributed by atoms with Crippen molar-refractivity contribution in [3.63, 3.8) is 0 Å². The molecule has 0 radical (unpaired) electrons. The summed E-state index contributed by atoms with van der Waals surface area (Å²) in [6.07, 6.45) is 3.60. The van der Waals surface area contributed by atoms with Crippen LogP contribution < -0.4 is 5.32 Å². The van der Waals surface area contributed by atoms with Gasteiger partial charge in [-0.25, -0.2) is 14.6 Å². The van der Waals surface area contributed by atoms with Crippen molar-refractivity contribution in [1.82, 2.24) is 25.1 Å². The second-order valence-electron chi connectivity index (χ2n) is 4.61. The van der Waals surface area contributed by atoms with Gasteiger partial charge in [-0.1, -0.05) is 11.6 Å². The second kappa shape index (κ2) is 6.86. The average Bonchev–Trinajstić information content (AvgIpc) is 3.24. The van der Waals surface area contributed by atoms with Crippen LogP contribution in [0.25, 0.3) is 5.82 Å². The van der Waals surface area contributed by atoms with Gasteiger partial charge in [0.15, 0.2) is 5.82 Å². The minimum atomic E-state index is -0.798. The molecule has 0 spiro atoms. The van der Waals surface area contributed by atoms with Gasteiger partial charge in [0.05, 0.1) is 4.34 Å². The summed E-state index contributed by atoms with van der Waals surface area (Å²) < 4.78 is 2.05. The molecule has 0 bridgehead atoms. The number of halogens is 1. The zero-order valence-electron chi connectivity index (χ0n) is 11.8. The molecule has 3 aromatic heterocycles. The van der Waals surface area contributed by atoms with Crippen LogP contribution in [0, 0.1) is 0 Å². The number of nitrogens with one attached hydrogen (secondary N) is 1. The van der Waals surface area contributed by atoms with Crippen LogP contribution in [0.5, 0.6) is 0 Å². The zero-order valence-corrected chi connectivity index (χ0v) is 13.3. The highest BCUT2D eigenvalue weighted by Crippen LogP contribution is 2.26. The fourth-order valence-electron chi connectivity index (χ4n) is 1.91. The maximum Gasteiger partial charge on any atom is 0.251 e. The van der Waals surface area contributed by atoms with Crippen molar-refractivity contribution < 1.29 is 9.90 Å². The molecule has 1 atom stereocenters. The second-order valence-corrected chi connectivity index (χ2v) is 6.36. The van der Waals surface area contributed by atoms with Gasteiger partial charge in [-0.05, 0) is 24.3 Å². The van der Waals surface area contributed by atoms with Crippen LogP contribution in [0.2, 0.25) is 4.34 Å². The third-order valence-electron chi connectivity index (χ3n) is 3.04. The quantitative estimate of drug-likeness (QED) is 0.733. The number of thiophene rings is 1. The van der Waals surface area contributed by atoms with Gasteiger partial charge >= 0.3 is 0 Å². The van der Waals surface area contributed by atoms with E-state index in [4.69, 9.17) is 11.6 Å². The molecule has 3 heterocycles. The van der Waals surface area contributed by atoms with E-state index in [0.717, 1.165) is 0 Å². The SMILES string of the molecule is O=C(NCC(O)c1ccc(Cl)s1)c1ccnc(-n2cncn2)c1. The molecule has 7 nitrogen and oxygen atoms in total. The van der Waals surface area contributed by atoms with Crippen LogP contribution in [0.15, 0.2) is 43.1 Å². The Morgan fingerprint density at radius 1 is 1.43 bits per heavy atom. The predicted octanol–water partition coefficient (Wildman–Crippen LogP) is 1.84. The Morgan fingerprint density at radius 3 is 3.00 bits per heavy atom. The van der Waals surface area contributed by atoms with Gasteiger partial charge in [0.2, 0.25) is 0 Å². The summed E-state index contributed by atoms with van der Waals surface area (Å²) in [5, 5.41) is 16.7. The highest BCUT2D eigenvalue weighted by molar-refractivity contribution is 7.16. The van der Waals surface area contributed by atoms with E-state index < -0.39 is 6.10 Å². The molecular weight excluding hydrogens is 338 g/mol. The van der Waals surface area contributed by atoms with Gasteiger partial charge in [-0.3, -0.25) is 4.79 Å². The largest absolute Gasteiger partial charge is 0.386 e. The van der Waals surface area contributed by atoms with Gasteiger partial charge < -0.3 is 10.4 Å². The molecule has 2 N–H and O–H groups in total. The molecule has 23 heavy (non-hydrogen) atoms. The van der Waals surface area contributed by atoms with E-state index in [9.17, 15) is 9.90 Å². The lowest BCUT2D eigenvalue weighted by molar-refractivity contribution is 0.0918. The fraction of sp³-hybridized carbons (Fsp3) is 0.143.